The van der Waals surface area contributed by atoms with Crippen LogP contribution in [0.25, 0.3) is 0 Å². The van der Waals surface area contributed by atoms with Crippen molar-refractivity contribution in [1.29, 1.82) is 0 Å². The van der Waals surface area contributed by atoms with E-state index < -0.39 is 0 Å². The van der Waals surface area contributed by atoms with Gasteiger partial charge in [0.05, 0.1) is 0 Å². The Labute approximate surface area is 123 Å². The van der Waals surface area contributed by atoms with Crippen molar-refractivity contribution in [2.45, 2.75) is 46.1 Å². The summed E-state index contributed by atoms with van der Waals surface area (Å²) in [5, 5.41) is 2.16. The Morgan fingerprint density at radius 3 is 2.53 bits per heavy atom. The molecule has 1 rings (SSSR count). The van der Waals surface area contributed by atoms with Crippen LogP contribution in [0.5, 0.6) is 0 Å². The van der Waals surface area contributed by atoms with Gasteiger partial charge in [0.25, 0.3) is 0 Å². The topological polar surface area (TPSA) is 29.3 Å². The first kappa shape index (κ1) is 16.7. The van der Waals surface area contributed by atoms with Gasteiger partial charge in [-0.2, -0.15) is 0 Å². The minimum atomic E-state index is 0.534. The van der Waals surface area contributed by atoms with E-state index in [1.54, 1.807) is 0 Å². The second-order valence-electron chi connectivity index (χ2n) is 5.90. The van der Waals surface area contributed by atoms with E-state index in [0.717, 1.165) is 18.4 Å². The van der Waals surface area contributed by atoms with Crippen LogP contribution in [0, 0.1) is 11.8 Å². The summed E-state index contributed by atoms with van der Waals surface area (Å²) in [6, 6.07) is 4.91. The second kappa shape index (κ2) is 8.72. The van der Waals surface area contributed by atoms with E-state index >= 15 is 0 Å². The third-order valence-electron chi connectivity index (χ3n) is 4.18. The largest absolute Gasteiger partial charge is 0.330 e. The fourth-order valence-corrected chi connectivity index (χ4v) is 3.42. The average molecular weight is 282 g/mol. The first-order chi connectivity index (χ1) is 9.06. The van der Waals surface area contributed by atoms with Crippen LogP contribution >= 0.6 is 11.3 Å². The second-order valence-corrected chi connectivity index (χ2v) is 6.87. The highest BCUT2D eigenvalue weighted by molar-refractivity contribution is 7.10. The molecule has 2 N–H and O–H groups in total. The van der Waals surface area contributed by atoms with E-state index in [1.165, 1.54) is 30.7 Å². The summed E-state index contributed by atoms with van der Waals surface area (Å²) >= 11 is 1.85. The predicted octanol–water partition coefficient (Wildman–Crippen LogP) is 4.14. The monoisotopic (exact) mass is 282 g/mol. The minimum Gasteiger partial charge on any atom is -0.330 e. The Morgan fingerprint density at radius 1 is 1.26 bits per heavy atom. The van der Waals surface area contributed by atoms with Crippen molar-refractivity contribution in [2.75, 3.05) is 20.1 Å². The molecule has 3 heteroatoms. The number of thiophene rings is 1. The quantitative estimate of drug-likeness (QED) is 0.737. The lowest BCUT2D eigenvalue weighted by atomic mass is 9.88. The van der Waals surface area contributed by atoms with Gasteiger partial charge in [0.15, 0.2) is 0 Å². The van der Waals surface area contributed by atoms with Gasteiger partial charge in [0, 0.05) is 10.9 Å². The Kier molecular flexibility index (Phi) is 7.66. The number of nitrogens with zero attached hydrogens (tertiary/aromatic N) is 1. The Hall–Kier alpha value is -0.380. The molecule has 0 saturated carbocycles. The summed E-state index contributed by atoms with van der Waals surface area (Å²) in [6.45, 7) is 8.93. The summed E-state index contributed by atoms with van der Waals surface area (Å²) in [5.74, 6) is 1.54. The predicted molar refractivity (Wildman–Crippen MR) is 86.6 cm³/mol. The molecule has 0 fully saturated rings. The van der Waals surface area contributed by atoms with Gasteiger partial charge in [-0.1, -0.05) is 19.9 Å². The summed E-state index contributed by atoms with van der Waals surface area (Å²) < 4.78 is 0. The molecule has 0 aliphatic heterocycles. The molecule has 1 aromatic heterocycles. The molecule has 0 aliphatic carbocycles. The molecule has 2 atom stereocenters. The van der Waals surface area contributed by atoms with Crippen molar-refractivity contribution in [3.05, 3.63) is 22.4 Å². The maximum atomic E-state index is 5.70. The summed E-state index contributed by atoms with van der Waals surface area (Å²) in [6.07, 6.45) is 3.74. The average Bonchev–Trinajstić information content (AvgIpc) is 2.90. The van der Waals surface area contributed by atoms with Crippen LogP contribution in [0.3, 0.4) is 0 Å². The van der Waals surface area contributed by atoms with E-state index in [1.807, 2.05) is 11.3 Å². The highest BCUT2D eigenvalue weighted by Gasteiger charge is 2.15. The van der Waals surface area contributed by atoms with Gasteiger partial charge in [-0.15, -0.1) is 11.3 Å². The standard InChI is InChI=1S/C16H30N2S/c1-13(2)15(9-10-17)7-5-11-18(4)14(3)16-8-6-12-19-16/h6,8,12-15H,5,7,9-11,17H2,1-4H3. The van der Waals surface area contributed by atoms with Crippen LogP contribution in [0.15, 0.2) is 17.5 Å². The smallest absolute Gasteiger partial charge is 0.0410 e. The van der Waals surface area contributed by atoms with Crippen LogP contribution in [0.4, 0.5) is 0 Å². The molecule has 0 aliphatic rings. The highest BCUT2D eigenvalue weighted by atomic mass is 32.1. The molecular weight excluding hydrogens is 252 g/mol. The van der Waals surface area contributed by atoms with E-state index in [2.05, 4.69) is 50.2 Å². The number of hydrogen-bond acceptors (Lipinski definition) is 3. The van der Waals surface area contributed by atoms with Gasteiger partial charge in [0.1, 0.15) is 0 Å². The third kappa shape index (κ3) is 5.64. The number of nitrogens with two attached hydrogens (primary N) is 1. The third-order valence-corrected chi connectivity index (χ3v) is 5.22. The fourth-order valence-electron chi connectivity index (χ4n) is 2.57. The zero-order valence-electron chi connectivity index (χ0n) is 12.9. The molecule has 0 aromatic carbocycles. The molecule has 0 spiro atoms. The van der Waals surface area contributed by atoms with E-state index in [-0.39, 0.29) is 0 Å². The van der Waals surface area contributed by atoms with E-state index in [0.29, 0.717) is 6.04 Å². The van der Waals surface area contributed by atoms with Crippen molar-refractivity contribution < 1.29 is 0 Å². The van der Waals surface area contributed by atoms with Crippen molar-refractivity contribution in [3.8, 4) is 0 Å². The van der Waals surface area contributed by atoms with Gasteiger partial charge in [-0.25, -0.2) is 0 Å². The van der Waals surface area contributed by atoms with Gasteiger partial charge >= 0.3 is 0 Å². The fraction of sp³-hybridized carbons (Fsp3) is 0.750. The molecule has 0 saturated heterocycles. The lowest BCUT2D eigenvalue weighted by Crippen LogP contribution is -2.24. The molecule has 0 amide bonds. The van der Waals surface area contributed by atoms with Crippen LogP contribution in [0.1, 0.15) is 51.0 Å². The molecule has 0 radical (unpaired) electrons. The molecule has 110 valence electrons. The summed E-state index contributed by atoms with van der Waals surface area (Å²) in [4.78, 5) is 3.93. The van der Waals surface area contributed by atoms with Crippen molar-refractivity contribution >= 4 is 11.3 Å². The SMILES string of the molecule is CC(C)C(CCN)CCCN(C)C(C)c1cccs1. The van der Waals surface area contributed by atoms with Crippen molar-refractivity contribution in [2.24, 2.45) is 17.6 Å². The normalized spacial score (nSPS) is 15.1. The number of hydrogen-bond donors (Lipinski definition) is 1. The lowest BCUT2D eigenvalue weighted by molar-refractivity contribution is 0.240. The molecular formula is C16H30N2S. The van der Waals surface area contributed by atoms with Gasteiger partial charge < -0.3 is 5.73 Å². The van der Waals surface area contributed by atoms with E-state index in [4.69, 9.17) is 5.73 Å². The van der Waals surface area contributed by atoms with Gasteiger partial charge in [0.2, 0.25) is 0 Å². The Balaban J connectivity index is 2.31. The van der Waals surface area contributed by atoms with Crippen LogP contribution in [-0.4, -0.2) is 25.0 Å². The van der Waals surface area contributed by atoms with Crippen molar-refractivity contribution in [3.63, 3.8) is 0 Å². The highest BCUT2D eigenvalue weighted by Crippen LogP contribution is 2.25. The summed E-state index contributed by atoms with van der Waals surface area (Å²) in [5.41, 5.74) is 5.70. The first-order valence-electron chi connectivity index (χ1n) is 7.50. The minimum absolute atomic E-state index is 0.534. The Morgan fingerprint density at radius 2 is 2.00 bits per heavy atom. The first-order valence-corrected chi connectivity index (χ1v) is 8.38. The van der Waals surface area contributed by atoms with Crippen LogP contribution in [0.2, 0.25) is 0 Å². The molecule has 19 heavy (non-hydrogen) atoms. The summed E-state index contributed by atoms with van der Waals surface area (Å²) in [7, 11) is 2.23. The van der Waals surface area contributed by atoms with Crippen molar-refractivity contribution in [1.82, 2.24) is 4.90 Å². The maximum Gasteiger partial charge on any atom is 0.0410 e. The Bertz CT molecular complexity index is 321. The molecule has 1 aromatic rings. The van der Waals surface area contributed by atoms with E-state index in [9.17, 15) is 0 Å². The van der Waals surface area contributed by atoms with Crippen LogP contribution in [-0.2, 0) is 0 Å². The molecule has 0 bridgehead atoms. The molecule has 1 heterocycles. The zero-order chi connectivity index (χ0) is 14.3. The lowest BCUT2D eigenvalue weighted by Gasteiger charge is -2.26. The number of rotatable bonds is 9. The van der Waals surface area contributed by atoms with Crippen LogP contribution < -0.4 is 5.73 Å². The van der Waals surface area contributed by atoms with Gasteiger partial charge in [-0.3, -0.25) is 4.90 Å². The zero-order valence-corrected chi connectivity index (χ0v) is 13.7. The van der Waals surface area contributed by atoms with Gasteiger partial charge in [-0.05, 0) is 69.6 Å². The molecule has 2 nitrogen and oxygen atoms in total. The molecule has 2 unspecified atom stereocenters. The maximum absolute atomic E-state index is 5.70.